The number of hydrogen-bond donors (Lipinski definition) is 1. The van der Waals surface area contributed by atoms with Gasteiger partial charge in [0.25, 0.3) is 5.91 Å². The Bertz CT molecular complexity index is 983. The topological polar surface area (TPSA) is 67.2 Å². The minimum atomic E-state index is -0.380. The summed E-state index contributed by atoms with van der Waals surface area (Å²) in [6.07, 6.45) is 3.04. The van der Waals surface area contributed by atoms with Crippen molar-refractivity contribution in [1.29, 1.82) is 0 Å². The second-order valence-electron chi connectivity index (χ2n) is 6.68. The van der Waals surface area contributed by atoms with Gasteiger partial charge in [-0.2, -0.15) is 0 Å². The largest absolute Gasteiger partial charge is 0.338 e. The van der Waals surface area contributed by atoms with Crippen LogP contribution in [0.3, 0.4) is 0 Å². The van der Waals surface area contributed by atoms with Crippen molar-refractivity contribution in [2.24, 2.45) is 5.92 Å². The van der Waals surface area contributed by atoms with E-state index in [-0.39, 0.29) is 23.5 Å². The molecule has 3 aromatic rings. The van der Waals surface area contributed by atoms with Crippen LogP contribution < -0.4 is 5.43 Å². The average Bonchev–Trinajstić information content (AvgIpc) is 3.11. The summed E-state index contributed by atoms with van der Waals surface area (Å²) in [5, 5.41) is 0. The molecule has 6 nitrogen and oxygen atoms in total. The van der Waals surface area contributed by atoms with Crippen molar-refractivity contribution in [1.82, 2.24) is 14.6 Å². The first-order valence-electron chi connectivity index (χ1n) is 8.89. The van der Waals surface area contributed by atoms with E-state index in [9.17, 15) is 14.0 Å². The van der Waals surface area contributed by atoms with E-state index in [0.717, 1.165) is 17.5 Å². The lowest BCUT2D eigenvalue weighted by molar-refractivity contribution is -0.122. The van der Waals surface area contributed by atoms with Crippen LogP contribution in [0.4, 0.5) is 4.39 Å². The molecule has 1 saturated heterocycles. The zero-order chi connectivity index (χ0) is 18.8. The maximum absolute atomic E-state index is 13.1. The average molecular weight is 366 g/mol. The molecule has 1 aliphatic heterocycles. The van der Waals surface area contributed by atoms with Crippen LogP contribution in [0.25, 0.3) is 11.0 Å². The van der Waals surface area contributed by atoms with Crippen molar-refractivity contribution in [3.05, 3.63) is 66.2 Å². The number of carbonyl (C=O) groups is 2. The number of rotatable bonds is 3. The molecule has 1 aliphatic rings. The lowest BCUT2D eigenvalue weighted by atomic mass is 9.96. The molecule has 7 heteroatoms. The van der Waals surface area contributed by atoms with E-state index in [4.69, 9.17) is 0 Å². The third kappa shape index (κ3) is 3.53. The third-order valence-corrected chi connectivity index (χ3v) is 4.85. The third-order valence-electron chi connectivity index (χ3n) is 4.85. The van der Waals surface area contributed by atoms with Gasteiger partial charge in [-0.05, 0) is 49.2 Å². The number of likely N-dealkylation sites (tertiary alicyclic amines) is 1. The van der Waals surface area contributed by atoms with Crippen molar-refractivity contribution >= 4 is 22.8 Å². The molecule has 0 spiro atoms. The number of hydrogen-bond acceptors (Lipinski definition) is 3. The molecule has 27 heavy (non-hydrogen) atoms. The number of nitrogens with zero attached hydrogens (tertiary/aromatic N) is 3. The first kappa shape index (κ1) is 17.2. The second kappa shape index (κ2) is 7.19. The van der Waals surface area contributed by atoms with Crippen LogP contribution in [0.5, 0.6) is 0 Å². The molecule has 4 rings (SSSR count). The van der Waals surface area contributed by atoms with Gasteiger partial charge in [0.05, 0.1) is 17.0 Å². The highest BCUT2D eigenvalue weighted by Gasteiger charge is 2.29. The Morgan fingerprint density at radius 1 is 1.11 bits per heavy atom. The van der Waals surface area contributed by atoms with Crippen LogP contribution in [0.1, 0.15) is 23.2 Å². The van der Waals surface area contributed by atoms with Crippen LogP contribution in [0, 0.1) is 11.7 Å². The minimum Gasteiger partial charge on any atom is -0.338 e. The number of para-hydroxylation sites is 2. The summed E-state index contributed by atoms with van der Waals surface area (Å²) in [5.41, 5.74) is 4.92. The number of aromatic nitrogens is 2. The summed E-state index contributed by atoms with van der Waals surface area (Å²) in [5.74, 6) is -1.00. The number of amides is 2. The Morgan fingerprint density at radius 2 is 1.89 bits per heavy atom. The molecule has 2 heterocycles. The lowest BCUT2D eigenvalue weighted by Crippen LogP contribution is -2.44. The maximum Gasteiger partial charge on any atom is 0.253 e. The zero-order valence-electron chi connectivity index (χ0n) is 14.6. The fourth-order valence-corrected chi connectivity index (χ4v) is 3.41. The molecule has 1 atom stereocenters. The fraction of sp³-hybridized carbons (Fsp3) is 0.250. The van der Waals surface area contributed by atoms with Gasteiger partial charge in [0, 0.05) is 18.7 Å². The van der Waals surface area contributed by atoms with Gasteiger partial charge in [0.15, 0.2) is 0 Å². The van der Waals surface area contributed by atoms with Gasteiger partial charge in [-0.15, -0.1) is 0 Å². The Morgan fingerprint density at radius 3 is 2.70 bits per heavy atom. The monoisotopic (exact) mass is 366 g/mol. The fourth-order valence-electron chi connectivity index (χ4n) is 3.41. The molecular formula is C20H19FN4O2. The van der Waals surface area contributed by atoms with Crippen molar-refractivity contribution in [3.8, 4) is 0 Å². The van der Waals surface area contributed by atoms with Gasteiger partial charge in [-0.25, -0.2) is 14.1 Å². The van der Waals surface area contributed by atoms with E-state index in [2.05, 4.69) is 10.4 Å². The van der Waals surface area contributed by atoms with Crippen LogP contribution in [0.2, 0.25) is 0 Å². The summed E-state index contributed by atoms with van der Waals surface area (Å²) in [6, 6.07) is 13.0. The normalized spacial score (nSPS) is 17.1. The summed E-state index contributed by atoms with van der Waals surface area (Å²) in [7, 11) is 0. The Labute approximate surface area is 155 Å². The SMILES string of the molecule is O=C(Nn1cnc2ccccc21)C1CCCN(C(=O)c2ccc(F)cc2)C1. The number of benzene rings is 2. The van der Waals surface area contributed by atoms with Crippen LogP contribution in [0.15, 0.2) is 54.9 Å². The van der Waals surface area contributed by atoms with Gasteiger partial charge < -0.3 is 4.90 Å². The molecule has 1 N–H and O–H groups in total. The molecule has 0 radical (unpaired) electrons. The van der Waals surface area contributed by atoms with Gasteiger partial charge in [-0.1, -0.05) is 12.1 Å². The highest BCUT2D eigenvalue weighted by atomic mass is 19.1. The summed E-state index contributed by atoms with van der Waals surface area (Å²) in [4.78, 5) is 31.3. The molecule has 1 aromatic heterocycles. The molecule has 2 aromatic carbocycles. The smallest absolute Gasteiger partial charge is 0.253 e. The Hall–Kier alpha value is -3.22. The van der Waals surface area contributed by atoms with Gasteiger partial charge in [0.2, 0.25) is 5.91 Å². The van der Waals surface area contributed by atoms with E-state index in [1.54, 1.807) is 15.9 Å². The summed E-state index contributed by atoms with van der Waals surface area (Å²) in [6.45, 7) is 0.933. The van der Waals surface area contributed by atoms with Crippen LogP contribution in [-0.4, -0.2) is 39.5 Å². The van der Waals surface area contributed by atoms with Crippen molar-refractivity contribution in [2.45, 2.75) is 12.8 Å². The first-order valence-corrected chi connectivity index (χ1v) is 8.89. The summed E-state index contributed by atoms with van der Waals surface area (Å²) < 4.78 is 14.7. The molecule has 0 bridgehead atoms. The van der Waals surface area contributed by atoms with E-state index in [1.807, 2.05) is 24.3 Å². The van der Waals surface area contributed by atoms with Gasteiger partial charge >= 0.3 is 0 Å². The number of nitrogens with one attached hydrogen (secondary N) is 1. The lowest BCUT2D eigenvalue weighted by Gasteiger charge is -2.32. The van der Waals surface area contributed by atoms with Crippen molar-refractivity contribution in [2.75, 3.05) is 18.5 Å². The highest BCUT2D eigenvalue weighted by Crippen LogP contribution is 2.20. The van der Waals surface area contributed by atoms with E-state index < -0.39 is 0 Å². The molecule has 138 valence electrons. The predicted molar refractivity (Wildman–Crippen MR) is 99.1 cm³/mol. The zero-order valence-corrected chi connectivity index (χ0v) is 14.6. The Kier molecular flexibility index (Phi) is 4.58. The number of carbonyl (C=O) groups excluding carboxylic acids is 2. The van der Waals surface area contributed by atoms with Crippen LogP contribution >= 0.6 is 0 Å². The Balaban J connectivity index is 1.45. The molecule has 2 amide bonds. The standard InChI is InChI=1S/C20H19FN4O2/c21-16-9-7-14(8-10-16)20(27)24-11-3-4-15(12-24)19(26)23-25-13-22-17-5-1-2-6-18(17)25/h1-2,5-10,13,15H,3-4,11-12H2,(H,23,26). The molecule has 1 unspecified atom stereocenters. The number of piperidine rings is 1. The van der Waals surface area contributed by atoms with E-state index in [0.29, 0.717) is 25.1 Å². The molecule has 0 saturated carbocycles. The van der Waals surface area contributed by atoms with E-state index in [1.165, 1.54) is 24.3 Å². The van der Waals surface area contributed by atoms with Crippen LogP contribution in [-0.2, 0) is 4.79 Å². The molecular weight excluding hydrogens is 347 g/mol. The number of fused-ring (bicyclic) bond motifs is 1. The summed E-state index contributed by atoms with van der Waals surface area (Å²) >= 11 is 0. The number of halogens is 1. The maximum atomic E-state index is 13.1. The predicted octanol–water partition coefficient (Wildman–Crippen LogP) is 2.80. The molecule has 1 fully saturated rings. The highest BCUT2D eigenvalue weighted by molar-refractivity contribution is 5.95. The van der Waals surface area contributed by atoms with Crippen molar-refractivity contribution < 1.29 is 14.0 Å². The quantitative estimate of drug-likeness (QED) is 0.775. The first-order chi connectivity index (χ1) is 13.1. The minimum absolute atomic E-state index is 0.144. The van der Waals surface area contributed by atoms with Gasteiger partial charge in [-0.3, -0.25) is 15.0 Å². The molecule has 0 aliphatic carbocycles. The van der Waals surface area contributed by atoms with Crippen molar-refractivity contribution in [3.63, 3.8) is 0 Å². The second-order valence-corrected chi connectivity index (χ2v) is 6.68. The number of imidazole rings is 1. The van der Waals surface area contributed by atoms with Gasteiger partial charge in [0.1, 0.15) is 12.1 Å². The van der Waals surface area contributed by atoms with E-state index >= 15 is 0 Å².